The largest absolute Gasteiger partial charge is 0.391 e. The number of thiazole rings is 1. The highest BCUT2D eigenvalue weighted by Crippen LogP contribution is 2.31. The first-order chi connectivity index (χ1) is 17.2. The summed E-state index contributed by atoms with van der Waals surface area (Å²) in [5.41, 5.74) is 5.12. The summed E-state index contributed by atoms with van der Waals surface area (Å²) in [7, 11) is 0. The molecule has 1 aliphatic rings. The molecule has 0 radical (unpaired) electrons. The Morgan fingerprint density at radius 2 is 2.06 bits per heavy atom. The topological polar surface area (TPSA) is 109 Å². The lowest BCUT2D eigenvalue weighted by atomic mass is 9.91. The molecule has 0 spiro atoms. The van der Waals surface area contributed by atoms with Gasteiger partial charge in [-0.05, 0) is 30.9 Å². The Kier molecular flexibility index (Phi) is 9.17. The number of likely N-dealkylation sites (tertiary alicyclic amines) is 1. The SMILES string of the molecule is C=C/C(=C\C=C(/C=C)c1scnc1C)CNC(=O)[C@@H]1C[C@@H](O)CN1C(=O)C(c1cc(C)no1)C(C)C. The van der Waals surface area contributed by atoms with Crippen molar-refractivity contribution in [2.45, 2.75) is 52.2 Å². The Morgan fingerprint density at radius 1 is 1.31 bits per heavy atom. The van der Waals surface area contributed by atoms with Crippen LogP contribution in [0.3, 0.4) is 0 Å². The van der Waals surface area contributed by atoms with Crippen LogP contribution in [0.4, 0.5) is 0 Å². The van der Waals surface area contributed by atoms with Crippen molar-refractivity contribution in [1.82, 2.24) is 20.4 Å². The van der Waals surface area contributed by atoms with Crippen LogP contribution in [0.2, 0.25) is 0 Å². The van der Waals surface area contributed by atoms with E-state index in [-0.39, 0.29) is 37.2 Å². The van der Waals surface area contributed by atoms with Crippen LogP contribution >= 0.6 is 11.3 Å². The summed E-state index contributed by atoms with van der Waals surface area (Å²) in [6.07, 6.45) is 6.63. The maximum Gasteiger partial charge on any atom is 0.243 e. The Hall–Kier alpha value is -3.30. The van der Waals surface area contributed by atoms with Crippen LogP contribution in [0.15, 0.2) is 59.1 Å². The summed E-state index contributed by atoms with van der Waals surface area (Å²) < 4.78 is 5.38. The molecule has 1 saturated heterocycles. The van der Waals surface area contributed by atoms with Crippen molar-refractivity contribution in [3.63, 3.8) is 0 Å². The van der Waals surface area contributed by atoms with Gasteiger partial charge in [0.1, 0.15) is 17.7 Å². The molecule has 36 heavy (non-hydrogen) atoms. The van der Waals surface area contributed by atoms with Crippen molar-refractivity contribution < 1.29 is 19.2 Å². The minimum Gasteiger partial charge on any atom is -0.391 e. The van der Waals surface area contributed by atoms with Crippen LogP contribution in [0.5, 0.6) is 0 Å². The molecular weight excluding hydrogens is 476 g/mol. The van der Waals surface area contributed by atoms with E-state index in [1.165, 1.54) is 16.2 Å². The number of amides is 2. The number of hydrogen-bond donors (Lipinski definition) is 2. The van der Waals surface area contributed by atoms with Gasteiger partial charge in [0.25, 0.3) is 0 Å². The maximum atomic E-state index is 13.5. The Balaban J connectivity index is 1.72. The van der Waals surface area contributed by atoms with E-state index in [0.717, 1.165) is 21.7 Å². The molecule has 2 N–H and O–H groups in total. The standard InChI is InChI=1S/C27H34N4O4S/c1-7-19(9-10-20(8-2)25-18(6)29-15-36-25)13-28-26(33)22-12-21(32)14-31(22)27(34)24(16(3)4)23-11-17(5)30-35-23/h7-11,15-16,21-22,24,32H,1-2,12-14H2,3-6H3,(H,28,33)/b19-9+,20-10+/t21-,22+,24?/m1/s1. The summed E-state index contributed by atoms with van der Waals surface area (Å²) in [6.45, 7) is 15.6. The van der Waals surface area contributed by atoms with Gasteiger partial charge in [0, 0.05) is 25.6 Å². The molecule has 3 rings (SSSR count). The van der Waals surface area contributed by atoms with E-state index < -0.39 is 18.1 Å². The van der Waals surface area contributed by atoms with E-state index in [1.54, 1.807) is 30.7 Å². The van der Waals surface area contributed by atoms with Gasteiger partial charge in [0.15, 0.2) is 0 Å². The van der Waals surface area contributed by atoms with Crippen molar-refractivity contribution >= 4 is 28.7 Å². The van der Waals surface area contributed by atoms with Gasteiger partial charge < -0.3 is 19.8 Å². The summed E-state index contributed by atoms with van der Waals surface area (Å²) in [5.74, 6) is -0.778. The number of allylic oxidation sites excluding steroid dienone is 4. The van der Waals surface area contributed by atoms with Gasteiger partial charge in [0.2, 0.25) is 11.8 Å². The maximum absolute atomic E-state index is 13.5. The molecule has 2 amide bonds. The van der Waals surface area contributed by atoms with Crippen molar-refractivity contribution in [3.05, 3.63) is 76.6 Å². The molecule has 1 fully saturated rings. The van der Waals surface area contributed by atoms with Crippen LogP contribution < -0.4 is 5.32 Å². The smallest absolute Gasteiger partial charge is 0.243 e. The molecule has 0 bridgehead atoms. The molecule has 192 valence electrons. The van der Waals surface area contributed by atoms with Crippen molar-refractivity contribution in [1.29, 1.82) is 0 Å². The number of aliphatic hydroxyl groups is 1. The minimum absolute atomic E-state index is 0.0744. The minimum atomic E-state index is -0.775. The molecule has 0 aromatic carbocycles. The number of hydrogen-bond acceptors (Lipinski definition) is 7. The predicted molar refractivity (Wildman–Crippen MR) is 141 cm³/mol. The molecule has 8 nitrogen and oxygen atoms in total. The summed E-state index contributed by atoms with van der Waals surface area (Å²) >= 11 is 1.54. The van der Waals surface area contributed by atoms with Gasteiger partial charge in [-0.25, -0.2) is 4.98 Å². The first kappa shape index (κ1) is 27.3. The first-order valence-electron chi connectivity index (χ1n) is 11.9. The average molecular weight is 511 g/mol. The van der Waals surface area contributed by atoms with E-state index in [1.807, 2.05) is 32.9 Å². The zero-order valence-corrected chi connectivity index (χ0v) is 22.0. The third-order valence-corrected chi connectivity index (χ3v) is 7.16. The van der Waals surface area contributed by atoms with Gasteiger partial charge in [-0.15, -0.1) is 11.3 Å². The first-order valence-corrected chi connectivity index (χ1v) is 12.8. The summed E-state index contributed by atoms with van der Waals surface area (Å²) in [5, 5.41) is 17.1. The third kappa shape index (κ3) is 6.27. The molecule has 0 saturated carbocycles. The number of carbonyl (C=O) groups is 2. The molecular formula is C27H34N4O4S. The number of nitrogens with zero attached hydrogens (tertiary/aromatic N) is 3. The van der Waals surface area contributed by atoms with E-state index in [0.29, 0.717) is 11.5 Å². The fraction of sp³-hybridized carbons (Fsp3) is 0.407. The molecule has 2 aromatic heterocycles. The monoisotopic (exact) mass is 510 g/mol. The number of nitrogens with one attached hydrogen (secondary N) is 1. The Bertz CT molecular complexity index is 1180. The van der Waals surface area contributed by atoms with E-state index in [9.17, 15) is 14.7 Å². The fourth-order valence-corrected chi connectivity index (χ4v) is 5.10. The van der Waals surface area contributed by atoms with Crippen molar-refractivity contribution in [2.24, 2.45) is 5.92 Å². The van der Waals surface area contributed by atoms with Gasteiger partial charge in [-0.1, -0.05) is 56.5 Å². The van der Waals surface area contributed by atoms with Gasteiger partial charge in [-0.3, -0.25) is 9.59 Å². The normalized spacial score (nSPS) is 19.4. The highest BCUT2D eigenvalue weighted by molar-refractivity contribution is 7.11. The highest BCUT2D eigenvalue weighted by atomic mass is 32.1. The number of aliphatic hydroxyl groups excluding tert-OH is 1. The van der Waals surface area contributed by atoms with Crippen LogP contribution in [-0.2, 0) is 9.59 Å². The molecule has 3 atom stereocenters. The number of carbonyl (C=O) groups excluding carboxylic acids is 2. The predicted octanol–water partition coefficient (Wildman–Crippen LogP) is 3.95. The second-order valence-electron chi connectivity index (χ2n) is 9.24. The summed E-state index contributed by atoms with van der Waals surface area (Å²) in [6, 6.07) is 0.965. The van der Waals surface area contributed by atoms with E-state index in [2.05, 4.69) is 28.6 Å². The van der Waals surface area contributed by atoms with E-state index >= 15 is 0 Å². The number of aromatic nitrogens is 2. The van der Waals surface area contributed by atoms with Crippen LogP contribution in [-0.4, -0.2) is 57.2 Å². The zero-order valence-electron chi connectivity index (χ0n) is 21.2. The van der Waals surface area contributed by atoms with Crippen molar-refractivity contribution in [2.75, 3.05) is 13.1 Å². The number of aryl methyl sites for hydroxylation is 2. The molecule has 1 aliphatic heterocycles. The molecule has 3 heterocycles. The van der Waals surface area contributed by atoms with E-state index in [4.69, 9.17) is 4.52 Å². The molecule has 9 heteroatoms. The lowest BCUT2D eigenvalue weighted by molar-refractivity contribution is -0.140. The van der Waals surface area contributed by atoms with Crippen LogP contribution in [0, 0.1) is 19.8 Å². The zero-order chi connectivity index (χ0) is 26.4. The number of β-amino-alcohol motifs (C(OH)–C–C–N with tert-alkyl or cyclic N) is 1. The quantitative estimate of drug-likeness (QED) is 0.469. The Morgan fingerprint density at radius 3 is 2.61 bits per heavy atom. The molecule has 1 unspecified atom stereocenters. The van der Waals surface area contributed by atoms with Crippen LogP contribution in [0.1, 0.15) is 48.2 Å². The van der Waals surface area contributed by atoms with Crippen LogP contribution in [0.25, 0.3) is 5.57 Å². The lowest BCUT2D eigenvalue weighted by Crippen LogP contribution is -2.48. The highest BCUT2D eigenvalue weighted by Gasteiger charge is 2.43. The average Bonchev–Trinajstić information content (AvgIpc) is 3.56. The fourth-order valence-electron chi connectivity index (χ4n) is 4.27. The van der Waals surface area contributed by atoms with Gasteiger partial charge >= 0.3 is 0 Å². The third-order valence-electron chi connectivity index (χ3n) is 6.18. The second-order valence-corrected chi connectivity index (χ2v) is 10.1. The summed E-state index contributed by atoms with van der Waals surface area (Å²) in [4.78, 5) is 33.4. The van der Waals surface area contributed by atoms with Gasteiger partial charge in [0.05, 0.1) is 27.9 Å². The molecule has 0 aliphatic carbocycles. The van der Waals surface area contributed by atoms with Gasteiger partial charge in [-0.2, -0.15) is 0 Å². The molecule has 2 aromatic rings. The number of rotatable bonds is 10. The lowest BCUT2D eigenvalue weighted by Gasteiger charge is -2.28. The second kappa shape index (κ2) is 12.1. The Labute approximate surface area is 216 Å². The van der Waals surface area contributed by atoms with Crippen molar-refractivity contribution in [3.8, 4) is 0 Å².